The lowest BCUT2D eigenvalue weighted by Crippen LogP contribution is -2.11. The van der Waals surface area contributed by atoms with Crippen LogP contribution in [0.4, 0.5) is 9.59 Å². The van der Waals surface area contributed by atoms with Crippen molar-refractivity contribution in [3.8, 4) is 0 Å². The topological polar surface area (TPSA) is 78.6 Å². The summed E-state index contributed by atoms with van der Waals surface area (Å²) in [5.41, 5.74) is 3.80. The van der Waals surface area contributed by atoms with Gasteiger partial charge in [0.2, 0.25) is 0 Å². The van der Waals surface area contributed by atoms with Crippen molar-refractivity contribution < 1.29 is 19.1 Å². The normalized spacial score (nSPS) is 7.58. The van der Waals surface area contributed by atoms with Crippen molar-refractivity contribution in [1.82, 2.24) is 0 Å². The molecule has 0 aliphatic rings. The van der Waals surface area contributed by atoms with Gasteiger partial charge >= 0.3 is 11.5 Å². The first-order valence-corrected chi connectivity index (χ1v) is 3.66. The summed E-state index contributed by atoms with van der Waals surface area (Å²) in [5, 5.41) is 0. The van der Waals surface area contributed by atoms with E-state index in [1.165, 1.54) is 0 Å². The first-order chi connectivity index (χ1) is 5.54. The number of halogens is 1. The average molecular weight is 198 g/mol. The van der Waals surface area contributed by atoms with Gasteiger partial charge in [-0.1, -0.05) is 0 Å². The quantitative estimate of drug-likeness (QED) is 0.681. The third kappa shape index (κ3) is 23.0. The lowest BCUT2D eigenvalue weighted by molar-refractivity contribution is 0.163. The Balaban J connectivity index is 0. The van der Waals surface area contributed by atoms with Crippen LogP contribution in [0.15, 0.2) is 0 Å². The van der Waals surface area contributed by atoms with Crippen LogP contribution in [0.2, 0.25) is 0 Å². The zero-order valence-corrected chi connectivity index (χ0v) is 7.76. The first kappa shape index (κ1) is 13.6. The molecular formula is C6H12ClNO4. The molecule has 0 saturated carbocycles. The molecule has 0 bridgehead atoms. The molecular weight excluding hydrogens is 186 g/mol. The zero-order valence-electron chi connectivity index (χ0n) is 7.00. The minimum absolute atomic E-state index is 0.350. The van der Waals surface area contributed by atoms with Gasteiger partial charge in [-0.15, -0.1) is 0 Å². The van der Waals surface area contributed by atoms with Crippen LogP contribution in [-0.4, -0.2) is 24.7 Å². The summed E-state index contributed by atoms with van der Waals surface area (Å²) in [5.74, 6) is 0. The number of carbonyl (C=O) groups is 2. The van der Waals surface area contributed by atoms with Gasteiger partial charge in [-0.05, 0) is 13.8 Å². The maximum Gasteiger partial charge on any atom is 0.404 e. The first-order valence-electron chi connectivity index (χ1n) is 3.29. The lowest BCUT2D eigenvalue weighted by atomic mass is 10.9. The van der Waals surface area contributed by atoms with E-state index in [2.05, 4.69) is 15.2 Å². The molecule has 5 nitrogen and oxygen atoms in total. The Hall–Kier alpha value is -0.970. The number of carbonyl (C=O) groups excluding carboxylic acids is 2. The molecule has 12 heavy (non-hydrogen) atoms. The third-order valence-electron chi connectivity index (χ3n) is 0.544. The highest BCUT2D eigenvalue weighted by molar-refractivity contribution is 6.61. The van der Waals surface area contributed by atoms with Gasteiger partial charge in [0.1, 0.15) is 0 Å². The molecule has 0 fully saturated rings. The highest BCUT2D eigenvalue weighted by Gasteiger charge is 1.86. The molecule has 0 heterocycles. The van der Waals surface area contributed by atoms with E-state index < -0.39 is 11.5 Å². The number of hydrogen-bond donors (Lipinski definition) is 1. The molecule has 0 aliphatic heterocycles. The summed E-state index contributed by atoms with van der Waals surface area (Å²) >= 11 is 4.72. The molecule has 0 rings (SSSR count). The number of amides is 1. The smallest absolute Gasteiger partial charge is 0.404 e. The Morgan fingerprint density at radius 3 is 1.67 bits per heavy atom. The molecule has 0 aliphatic carbocycles. The van der Waals surface area contributed by atoms with Crippen LogP contribution in [-0.2, 0) is 9.47 Å². The summed E-state index contributed by atoms with van der Waals surface area (Å²) < 4.78 is 8.35. The van der Waals surface area contributed by atoms with E-state index in [1.54, 1.807) is 13.8 Å². The van der Waals surface area contributed by atoms with Crippen molar-refractivity contribution in [2.24, 2.45) is 5.73 Å². The SMILES string of the molecule is CCOC(=O)Cl.CCOC(N)=O. The Morgan fingerprint density at radius 1 is 1.25 bits per heavy atom. The number of nitrogens with two attached hydrogens (primary N) is 1. The fraction of sp³-hybridized carbons (Fsp3) is 0.667. The standard InChI is InChI=1S/C3H5ClO2.C3H7NO2/c2*1-2-6-3(4)5/h2H2,1H3;2H2,1H3,(H2,4,5). The largest absolute Gasteiger partial charge is 0.454 e. The van der Waals surface area contributed by atoms with Crippen LogP contribution in [0.3, 0.4) is 0 Å². The molecule has 0 aromatic rings. The molecule has 0 aromatic carbocycles. The van der Waals surface area contributed by atoms with Gasteiger partial charge in [-0.2, -0.15) is 0 Å². The molecule has 72 valence electrons. The van der Waals surface area contributed by atoms with Crippen molar-refractivity contribution in [2.45, 2.75) is 13.8 Å². The second-order valence-electron chi connectivity index (χ2n) is 1.42. The lowest BCUT2D eigenvalue weighted by Gasteiger charge is -1.89. The number of rotatable bonds is 2. The fourth-order valence-corrected chi connectivity index (χ4v) is 0.365. The van der Waals surface area contributed by atoms with Crippen LogP contribution in [0.25, 0.3) is 0 Å². The maximum atomic E-state index is 9.60. The van der Waals surface area contributed by atoms with Crippen LogP contribution < -0.4 is 5.73 Å². The van der Waals surface area contributed by atoms with E-state index >= 15 is 0 Å². The van der Waals surface area contributed by atoms with Gasteiger partial charge in [0.15, 0.2) is 0 Å². The third-order valence-corrected chi connectivity index (χ3v) is 0.654. The highest BCUT2D eigenvalue weighted by atomic mass is 35.5. The number of hydrogen-bond acceptors (Lipinski definition) is 4. The Bertz CT molecular complexity index is 124. The molecule has 0 radical (unpaired) electrons. The summed E-state index contributed by atoms with van der Waals surface area (Å²) in [4.78, 5) is 19.2. The molecule has 6 heteroatoms. The van der Waals surface area contributed by atoms with Crippen LogP contribution in [0.5, 0.6) is 0 Å². The Labute approximate surface area is 75.8 Å². The molecule has 0 atom stereocenters. The summed E-state index contributed by atoms with van der Waals surface area (Å²) in [6, 6.07) is 0. The van der Waals surface area contributed by atoms with Crippen molar-refractivity contribution >= 4 is 23.1 Å². The van der Waals surface area contributed by atoms with Crippen molar-refractivity contribution in [1.29, 1.82) is 0 Å². The zero-order chi connectivity index (χ0) is 9.98. The van der Waals surface area contributed by atoms with Gasteiger partial charge in [0, 0.05) is 11.6 Å². The van der Waals surface area contributed by atoms with Crippen molar-refractivity contribution in [3.63, 3.8) is 0 Å². The summed E-state index contributed by atoms with van der Waals surface area (Å²) in [6.07, 6.45) is -0.711. The highest BCUT2D eigenvalue weighted by Crippen LogP contribution is 1.82. The molecule has 0 spiro atoms. The van der Waals surface area contributed by atoms with Gasteiger partial charge in [-0.25, -0.2) is 9.59 Å². The second-order valence-corrected chi connectivity index (χ2v) is 1.73. The monoisotopic (exact) mass is 197 g/mol. The van der Waals surface area contributed by atoms with Crippen LogP contribution in [0.1, 0.15) is 13.8 Å². The molecule has 0 aromatic heterocycles. The Morgan fingerprint density at radius 2 is 1.67 bits per heavy atom. The van der Waals surface area contributed by atoms with E-state index in [1.807, 2.05) is 0 Å². The minimum Gasteiger partial charge on any atom is -0.454 e. The summed E-state index contributed by atoms with van der Waals surface area (Å²) in [6.45, 7) is 4.10. The van der Waals surface area contributed by atoms with E-state index in [0.717, 1.165) is 0 Å². The van der Waals surface area contributed by atoms with E-state index in [9.17, 15) is 9.59 Å². The molecule has 1 amide bonds. The van der Waals surface area contributed by atoms with Gasteiger partial charge in [0.25, 0.3) is 0 Å². The number of primary amides is 1. The van der Waals surface area contributed by atoms with Crippen molar-refractivity contribution in [2.75, 3.05) is 13.2 Å². The minimum atomic E-state index is -0.738. The number of ether oxygens (including phenoxy) is 2. The van der Waals surface area contributed by atoms with E-state index in [-0.39, 0.29) is 0 Å². The predicted octanol–water partition coefficient (Wildman–Crippen LogP) is 1.48. The van der Waals surface area contributed by atoms with Crippen LogP contribution in [0, 0.1) is 0 Å². The maximum absolute atomic E-state index is 9.60. The van der Waals surface area contributed by atoms with Crippen molar-refractivity contribution in [3.05, 3.63) is 0 Å². The predicted molar refractivity (Wildman–Crippen MR) is 44.1 cm³/mol. The van der Waals surface area contributed by atoms with Gasteiger partial charge in [-0.3, -0.25) is 0 Å². The fourth-order valence-electron chi connectivity index (χ4n) is 0.256. The van der Waals surface area contributed by atoms with Gasteiger partial charge < -0.3 is 15.2 Å². The van der Waals surface area contributed by atoms with Crippen LogP contribution >= 0.6 is 11.6 Å². The molecule has 0 saturated heterocycles. The Kier molecular flexibility index (Phi) is 11.4. The van der Waals surface area contributed by atoms with E-state index in [4.69, 9.17) is 11.6 Å². The molecule has 2 N–H and O–H groups in total. The van der Waals surface area contributed by atoms with Gasteiger partial charge in [0.05, 0.1) is 13.2 Å². The average Bonchev–Trinajstić information content (AvgIpc) is 1.87. The molecule has 0 unspecified atom stereocenters. The summed E-state index contributed by atoms with van der Waals surface area (Å²) in [7, 11) is 0. The van der Waals surface area contributed by atoms with E-state index in [0.29, 0.717) is 13.2 Å². The second kappa shape index (κ2) is 10.0.